The van der Waals surface area contributed by atoms with E-state index in [2.05, 4.69) is 27.2 Å². The van der Waals surface area contributed by atoms with Gasteiger partial charge in [-0.05, 0) is 37.1 Å². The second-order valence-electron chi connectivity index (χ2n) is 7.36. The van der Waals surface area contributed by atoms with Gasteiger partial charge in [0.1, 0.15) is 11.6 Å². The minimum Gasteiger partial charge on any atom is -0.497 e. The van der Waals surface area contributed by atoms with Gasteiger partial charge < -0.3 is 19.9 Å². The number of para-hydroxylation sites is 1. The fourth-order valence-electron chi connectivity index (χ4n) is 4.44. The Balaban J connectivity index is 1.69. The van der Waals surface area contributed by atoms with E-state index >= 15 is 0 Å². The Labute approximate surface area is 165 Å². The SMILES string of the molecule is CCNC(=O)[C@@H]1Cc2ccc(OC)cc2N2CCN(c3ccccc3F)C[C@@H]12. The van der Waals surface area contributed by atoms with Gasteiger partial charge in [-0.25, -0.2) is 4.39 Å². The monoisotopic (exact) mass is 383 g/mol. The van der Waals surface area contributed by atoms with Gasteiger partial charge in [0, 0.05) is 37.9 Å². The Morgan fingerprint density at radius 1 is 1.21 bits per heavy atom. The van der Waals surface area contributed by atoms with E-state index in [1.54, 1.807) is 13.2 Å². The highest BCUT2D eigenvalue weighted by Crippen LogP contribution is 2.39. The molecule has 1 N–H and O–H groups in total. The van der Waals surface area contributed by atoms with E-state index < -0.39 is 0 Å². The number of hydrogen-bond donors (Lipinski definition) is 1. The fourth-order valence-corrected chi connectivity index (χ4v) is 4.44. The Kier molecular flexibility index (Phi) is 5.11. The number of carbonyl (C=O) groups is 1. The summed E-state index contributed by atoms with van der Waals surface area (Å²) >= 11 is 0. The normalized spacial score (nSPS) is 21.0. The Hall–Kier alpha value is -2.76. The summed E-state index contributed by atoms with van der Waals surface area (Å²) in [6, 6.07) is 12.9. The zero-order valence-electron chi connectivity index (χ0n) is 16.3. The van der Waals surface area contributed by atoms with E-state index in [4.69, 9.17) is 4.74 Å². The number of rotatable bonds is 4. The number of amides is 1. The first-order chi connectivity index (χ1) is 13.6. The second-order valence-corrected chi connectivity index (χ2v) is 7.36. The third kappa shape index (κ3) is 3.28. The number of halogens is 1. The third-order valence-corrected chi connectivity index (χ3v) is 5.81. The molecule has 2 aliphatic heterocycles. The average molecular weight is 383 g/mol. The molecule has 0 saturated carbocycles. The number of methoxy groups -OCH3 is 1. The molecule has 1 saturated heterocycles. The number of hydrogen-bond acceptors (Lipinski definition) is 4. The zero-order valence-corrected chi connectivity index (χ0v) is 16.3. The summed E-state index contributed by atoms with van der Waals surface area (Å²) in [5.41, 5.74) is 2.89. The quantitative estimate of drug-likeness (QED) is 0.882. The summed E-state index contributed by atoms with van der Waals surface area (Å²) in [6.45, 7) is 4.59. The van der Waals surface area contributed by atoms with Gasteiger partial charge in [-0.1, -0.05) is 18.2 Å². The van der Waals surface area contributed by atoms with Crippen LogP contribution in [0.4, 0.5) is 15.8 Å². The van der Waals surface area contributed by atoms with Crippen LogP contribution >= 0.6 is 0 Å². The third-order valence-electron chi connectivity index (χ3n) is 5.81. The Bertz CT molecular complexity index is 873. The highest BCUT2D eigenvalue weighted by atomic mass is 19.1. The lowest BCUT2D eigenvalue weighted by Gasteiger charge is -2.49. The van der Waals surface area contributed by atoms with Crippen LogP contribution < -0.4 is 19.9 Å². The molecule has 2 aromatic rings. The number of benzene rings is 2. The maximum atomic E-state index is 14.4. The first-order valence-electron chi connectivity index (χ1n) is 9.83. The van der Waals surface area contributed by atoms with Crippen molar-refractivity contribution in [1.82, 2.24) is 5.32 Å². The number of anilines is 2. The van der Waals surface area contributed by atoms with Gasteiger partial charge in [0.05, 0.1) is 24.8 Å². The maximum absolute atomic E-state index is 14.4. The standard InChI is InChI=1S/C22H26FN3O2/c1-3-24-22(27)17-12-15-8-9-16(28-2)13-20(15)26-11-10-25(14-21(17)26)19-7-5-4-6-18(19)23/h4-9,13,17,21H,3,10-12,14H2,1-2H3,(H,24,27)/t17-,21+/m1/s1. The summed E-state index contributed by atoms with van der Waals surface area (Å²) in [4.78, 5) is 17.2. The molecular weight excluding hydrogens is 357 g/mol. The van der Waals surface area contributed by atoms with Crippen LogP contribution in [0.3, 0.4) is 0 Å². The van der Waals surface area contributed by atoms with Crippen molar-refractivity contribution >= 4 is 17.3 Å². The van der Waals surface area contributed by atoms with Crippen LogP contribution in [-0.4, -0.2) is 45.2 Å². The zero-order chi connectivity index (χ0) is 19.7. The topological polar surface area (TPSA) is 44.8 Å². The van der Waals surface area contributed by atoms with Crippen LogP contribution in [0.2, 0.25) is 0 Å². The molecule has 2 aromatic carbocycles. The van der Waals surface area contributed by atoms with E-state index in [1.807, 2.05) is 25.1 Å². The van der Waals surface area contributed by atoms with Crippen molar-refractivity contribution in [2.75, 3.05) is 43.1 Å². The van der Waals surface area contributed by atoms with E-state index in [-0.39, 0.29) is 23.7 Å². The van der Waals surface area contributed by atoms with E-state index in [0.29, 0.717) is 31.7 Å². The second kappa shape index (κ2) is 7.70. The van der Waals surface area contributed by atoms with Gasteiger partial charge >= 0.3 is 0 Å². The lowest BCUT2D eigenvalue weighted by atomic mass is 9.83. The van der Waals surface area contributed by atoms with Gasteiger partial charge in [0.15, 0.2) is 0 Å². The van der Waals surface area contributed by atoms with Crippen molar-refractivity contribution in [2.45, 2.75) is 19.4 Å². The van der Waals surface area contributed by atoms with Crippen LogP contribution in [0.15, 0.2) is 42.5 Å². The van der Waals surface area contributed by atoms with Crippen LogP contribution in [0.1, 0.15) is 12.5 Å². The molecule has 1 fully saturated rings. The van der Waals surface area contributed by atoms with Crippen LogP contribution in [-0.2, 0) is 11.2 Å². The number of piperazine rings is 1. The molecule has 0 aromatic heterocycles. The van der Waals surface area contributed by atoms with E-state index in [1.165, 1.54) is 6.07 Å². The van der Waals surface area contributed by atoms with Crippen LogP contribution in [0.25, 0.3) is 0 Å². The van der Waals surface area contributed by atoms with Crippen LogP contribution in [0, 0.1) is 11.7 Å². The molecule has 6 heteroatoms. The van der Waals surface area contributed by atoms with Crippen molar-refractivity contribution in [3.05, 3.63) is 53.8 Å². The van der Waals surface area contributed by atoms with Gasteiger partial charge in [-0.15, -0.1) is 0 Å². The summed E-state index contributed by atoms with van der Waals surface area (Å²) < 4.78 is 19.8. The smallest absolute Gasteiger partial charge is 0.225 e. The Morgan fingerprint density at radius 2 is 2.04 bits per heavy atom. The summed E-state index contributed by atoms with van der Waals surface area (Å²) in [7, 11) is 1.66. The number of nitrogens with zero attached hydrogens (tertiary/aromatic N) is 2. The molecule has 28 heavy (non-hydrogen) atoms. The molecular formula is C22H26FN3O2. The molecule has 1 amide bonds. The summed E-state index contributed by atoms with van der Waals surface area (Å²) in [5.74, 6) is 0.485. The van der Waals surface area contributed by atoms with Crippen molar-refractivity contribution < 1.29 is 13.9 Å². The van der Waals surface area contributed by atoms with Gasteiger partial charge in [-0.2, -0.15) is 0 Å². The lowest BCUT2D eigenvalue weighted by molar-refractivity contribution is -0.125. The van der Waals surface area contributed by atoms with Crippen molar-refractivity contribution in [3.63, 3.8) is 0 Å². The van der Waals surface area contributed by atoms with Crippen molar-refractivity contribution in [3.8, 4) is 5.75 Å². The Morgan fingerprint density at radius 3 is 2.79 bits per heavy atom. The molecule has 5 nitrogen and oxygen atoms in total. The molecule has 0 unspecified atom stereocenters. The molecule has 148 valence electrons. The molecule has 0 radical (unpaired) electrons. The van der Waals surface area contributed by atoms with Gasteiger partial charge in [0.25, 0.3) is 0 Å². The predicted octanol–water partition coefficient (Wildman–Crippen LogP) is 2.84. The average Bonchev–Trinajstić information content (AvgIpc) is 2.73. The highest BCUT2D eigenvalue weighted by molar-refractivity contribution is 5.82. The van der Waals surface area contributed by atoms with Gasteiger partial charge in [-0.3, -0.25) is 4.79 Å². The first-order valence-corrected chi connectivity index (χ1v) is 9.83. The molecule has 0 spiro atoms. The molecule has 0 bridgehead atoms. The maximum Gasteiger partial charge on any atom is 0.225 e. The number of carbonyl (C=O) groups excluding carboxylic acids is 1. The van der Waals surface area contributed by atoms with Crippen molar-refractivity contribution in [1.29, 1.82) is 0 Å². The first kappa shape index (κ1) is 18.6. The largest absolute Gasteiger partial charge is 0.497 e. The number of nitrogens with one attached hydrogen (secondary N) is 1. The minimum absolute atomic E-state index is 0.0143. The number of ether oxygens (including phenoxy) is 1. The van der Waals surface area contributed by atoms with Gasteiger partial charge in [0.2, 0.25) is 5.91 Å². The van der Waals surface area contributed by atoms with Crippen molar-refractivity contribution in [2.24, 2.45) is 5.92 Å². The molecule has 4 rings (SSSR count). The van der Waals surface area contributed by atoms with E-state index in [9.17, 15) is 9.18 Å². The minimum atomic E-state index is -0.219. The highest BCUT2D eigenvalue weighted by Gasteiger charge is 2.41. The molecule has 2 heterocycles. The predicted molar refractivity (Wildman–Crippen MR) is 109 cm³/mol. The molecule has 0 aliphatic carbocycles. The summed E-state index contributed by atoms with van der Waals surface area (Å²) in [6.07, 6.45) is 0.678. The van der Waals surface area contributed by atoms with Crippen LogP contribution in [0.5, 0.6) is 5.75 Å². The molecule has 2 atom stereocenters. The number of fused-ring (bicyclic) bond motifs is 3. The van der Waals surface area contributed by atoms with E-state index in [0.717, 1.165) is 23.5 Å². The summed E-state index contributed by atoms with van der Waals surface area (Å²) in [5, 5.41) is 2.98. The molecule has 2 aliphatic rings. The lowest BCUT2D eigenvalue weighted by Crippen LogP contribution is -2.61. The fraction of sp³-hybridized carbons (Fsp3) is 0.409.